The molecule has 9 nitrogen and oxygen atoms in total. The van der Waals surface area contributed by atoms with E-state index in [1.165, 1.54) is 6.21 Å². The Balaban J connectivity index is 1.56. The topological polar surface area (TPSA) is 118 Å². The Morgan fingerprint density at radius 1 is 0.946 bits per heavy atom. The van der Waals surface area contributed by atoms with Crippen LogP contribution in [0.1, 0.15) is 23.6 Å². The average molecular weight is 523 g/mol. The minimum Gasteiger partial charge on any atom is -0.494 e. The zero-order chi connectivity index (χ0) is 26.8. The van der Waals surface area contributed by atoms with Crippen LogP contribution in [0.2, 0.25) is 5.02 Å². The minimum atomic E-state index is -0.948. The van der Waals surface area contributed by atoms with Crippen molar-refractivity contribution >= 4 is 46.9 Å². The molecule has 37 heavy (non-hydrogen) atoms. The van der Waals surface area contributed by atoms with Gasteiger partial charge in [0.15, 0.2) is 6.61 Å². The first kappa shape index (κ1) is 27.2. The molecule has 10 heteroatoms. The Morgan fingerprint density at radius 2 is 1.70 bits per heavy atom. The van der Waals surface area contributed by atoms with E-state index in [2.05, 4.69) is 21.2 Å². The van der Waals surface area contributed by atoms with Gasteiger partial charge in [-0.25, -0.2) is 5.43 Å². The lowest BCUT2D eigenvalue weighted by Gasteiger charge is -2.11. The maximum atomic E-state index is 12.3. The van der Waals surface area contributed by atoms with Crippen molar-refractivity contribution < 1.29 is 23.9 Å². The fourth-order valence-corrected chi connectivity index (χ4v) is 3.35. The van der Waals surface area contributed by atoms with Crippen molar-refractivity contribution in [2.24, 2.45) is 5.10 Å². The zero-order valence-corrected chi connectivity index (χ0v) is 21.4. The van der Waals surface area contributed by atoms with Gasteiger partial charge in [-0.2, -0.15) is 5.10 Å². The van der Waals surface area contributed by atoms with E-state index in [9.17, 15) is 14.4 Å². The van der Waals surface area contributed by atoms with Crippen LogP contribution in [0.4, 0.5) is 11.4 Å². The molecule has 0 radical (unpaired) electrons. The van der Waals surface area contributed by atoms with Gasteiger partial charge in [-0.15, -0.1) is 0 Å². The summed E-state index contributed by atoms with van der Waals surface area (Å²) in [4.78, 5) is 36.7. The molecule has 0 bridgehead atoms. The number of amides is 3. The molecular formula is C27H27ClN4O5. The number of hydrogen-bond donors (Lipinski definition) is 3. The number of carbonyl (C=O) groups is 3. The predicted octanol–water partition coefficient (Wildman–Crippen LogP) is 4.46. The third-order valence-corrected chi connectivity index (χ3v) is 5.44. The molecule has 0 saturated heterocycles. The second kappa shape index (κ2) is 13.1. The first-order chi connectivity index (χ1) is 17.8. The van der Waals surface area contributed by atoms with Crippen molar-refractivity contribution in [2.75, 3.05) is 23.8 Å². The molecule has 0 unspecified atom stereocenters. The number of rotatable bonds is 9. The highest BCUT2D eigenvalue weighted by Crippen LogP contribution is 2.22. The highest BCUT2D eigenvalue weighted by atomic mass is 35.5. The lowest BCUT2D eigenvalue weighted by molar-refractivity contribution is -0.136. The van der Waals surface area contributed by atoms with Crippen molar-refractivity contribution in [3.8, 4) is 11.5 Å². The fraction of sp³-hybridized carbons (Fsp3) is 0.185. The standard InChI is InChI=1S/C27H27ClN4O5/c1-4-36-22-11-9-21(10-12-22)30-25(33)16-37-24-13-8-20(28)14-19(24)15-29-32-27(35)26(34)31-23-7-5-6-17(2)18(23)3/h5-15H,4,16H2,1-3H3,(H,30,33)(H,31,34)(H,32,35)/b29-15-. The van der Waals surface area contributed by atoms with Crippen LogP contribution in [-0.2, 0) is 14.4 Å². The Morgan fingerprint density at radius 3 is 2.43 bits per heavy atom. The van der Waals surface area contributed by atoms with Crippen LogP contribution in [-0.4, -0.2) is 37.1 Å². The van der Waals surface area contributed by atoms with Crippen LogP contribution in [0.25, 0.3) is 0 Å². The van der Waals surface area contributed by atoms with E-state index in [1.807, 2.05) is 26.8 Å². The van der Waals surface area contributed by atoms with Gasteiger partial charge in [-0.05, 0) is 80.4 Å². The molecule has 0 aromatic heterocycles. The summed E-state index contributed by atoms with van der Waals surface area (Å²) in [5.41, 5.74) is 5.55. The molecule has 0 saturated carbocycles. The number of hydrogen-bond acceptors (Lipinski definition) is 6. The van der Waals surface area contributed by atoms with Crippen molar-refractivity contribution in [3.05, 3.63) is 82.4 Å². The highest BCUT2D eigenvalue weighted by molar-refractivity contribution is 6.39. The highest BCUT2D eigenvalue weighted by Gasteiger charge is 2.15. The molecule has 0 fully saturated rings. The molecule has 3 aromatic rings. The van der Waals surface area contributed by atoms with Gasteiger partial charge in [-0.1, -0.05) is 23.7 Å². The van der Waals surface area contributed by atoms with E-state index >= 15 is 0 Å². The predicted molar refractivity (Wildman–Crippen MR) is 143 cm³/mol. The molecule has 0 atom stereocenters. The number of ether oxygens (including phenoxy) is 2. The second-order valence-electron chi connectivity index (χ2n) is 7.88. The number of benzene rings is 3. The zero-order valence-electron chi connectivity index (χ0n) is 20.6. The first-order valence-electron chi connectivity index (χ1n) is 11.4. The normalized spacial score (nSPS) is 10.6. The van der Waals surface area contributed by atoms with Crippen LogP contribution >= 0.6 is 11.6 Å². The van der Waals surface area contributed by atoms with Gasteiger partial charge >= 0.3 is 11.8 Å². The summed E-state index contributed by atoms with van der Waals surface area (Å²) in [7, 11) is 0. The van der Waals surface area contributed by atoms with Crippen LogP contribution in [0.15, 0.2) is 65.8 Å². The van der Waals surface area contributed by atoms with Crippen LogP contribution < -0.4 is 25.5 Å². The van der Waals surface area contributed by atoms with Crippen molar-refractivity contribution in [1.82, 2.24) is 5.43 Å². The summed E-state index contributed by atoms with van der Waals surface area (Å²) >= 11 is 6.07. The monoisotopic (exact) mass is 522 g/mol. The molecule has 0 aliphatic carbocycles. The van der Waals surface area contributed by atoms with E-state index in [4.69, 9.17) is 21.1 Å². The molecular weight excluding hydrogens is 496 g/mol. The van der Waals surface area contributed by atoms with Crippen molar-refractivity contribution in [3.63, 3.8) is 0 Å². The third-order valence-electron chi connectivity index (χ3n) is 5.21. The molecule has 3 N–H and O–H groups in total. The molecule has 0 aliphatic rings. The Kier molecular flexibility index (Phi) is 9.62. The third kappa shape index (κ3) is 8.08. The number of hydrazone groups is 1. The Bertz CT molecular complexity index is 1310. The summed E-state index contributed by atoms with van der Waals surface area (Å²) < 4.78 is 11.0. The van der Waals surface area contributed by atoms with Gasteiger partial charge < -0.3 is 20.1 Å². The molecule has 3 amide bonds. The van der Waals surface area contributed by atoms with Gasteiger partial charge in [0.05, 0.1) is 12.8 Å². The summed E-state index contributed by atoms with van der Waals surface area (Å²) in [5, 5.41) is 9.51. The van der Waals surface area contributed by atoms with E-state index in [-0.39, 0.29) is 12.5 Å². The molecule has 0 heterocycles. The largest absolute Gasteiger partial charge is 0.494 e. The number of carbonyl (C=O) groups excluding carboxylic acids is 3. The van der Waals surface area contributed by atoms with Gasteiger partial charge in [0.2, 0.25) is 0 Å². The van der Waals surface area contributed by atoms with Gasteiger partial charge in [0.25, 0.3) is 5.91 Å². The quantitative estimate of drug-likeness (QED) is 0.218. The molecule has 3 aromatic carbocycles. The van der Waals surface area contributed by atoms with Gasteiger partial charge in [-0.3, -0.25) is 14.4 Å². The van der Waals surface area contributed by atoms with E-state index in [1.54, 1.807) is 54.6 Å². The SMILES string of the molecule is CCOc1ccc(NC(=O)COc2ccc(Cl)cc2/C=N\NC(=O)C(=O)Nc2cccc(C)c2C)cc1. The number of halogens is 1. The summed E-state index contributed by atoms with van der Waals surface area (Å²) in [6, 6.07) is 17.1. The molecule has 0 spiro atoms. The maximum absolute atomic E-state index is 12.3. The van der Waals surface area contributed by atoms with E-state index in [0.717, 1.165) is 11.1 Å². The number of nitrogens with one attached hydrogen (secondary N) is 3. The Labute approximate surface area is 219 Å². The average Bonchev–Trinajstić information content (AvgIpc) is 2.87. The smallest absolute Gasteiger partial charge is 0.329 e. The Hall–Kier alpha value is -4.37. The van der Waals surface area contributed by atoms with Crippen LogP contribution in [0.3, 0.4) is 0 Å². The minimum absolute atomic E-state index is 0.277. The number of anilines is 2. The fourth-order valence-electron chi connectivity index (χ4n) is 3.17. The van der Waals surface area contributed by atoms with E-state index in [0.29, 0.717) is 40.1 Å². The second-order valence-corrected chi connectivity index (χ2v) is 8.31. The lowest BCUT2D eigenvalue weighted by Crippen LogP contribution is -2.32. The molecule has 3 rings (SSSR count). The molecule has 0 aliphatic heterocycles. The van der Waals surface area contributed by atoms with E-state index < -0.39 is 11.8 Å². The summed E-state index contributed by atoms with van der Waals surface area (Å²) in [6.07, 6.45) is 1.27. The van der Waals surface area contributed by atoms with Gasteiger partial charge in [0.1, 0.15) is 11.5 Å². The van der Waals surface area contributed by atoms with Crippen molar-refractivity contribution in [1.29, 1.82) is 0 Å². The summed E-state index contributed by atoms with van der Waals surface area (Å²) in [5.74, 6) is -1.17. The van der Waals surface area contributed by atoms with Gasteiger partial charge in [0, 0.05) is 22.0 Å². The summed E-state index contributed by atoms with van der Waals surface area (Å²) in [6.45, 7) is 5.92. The van der Waals surface area contributed by atoms with Crippen molar-refractivity contribution in [2.45, 2.75) is 20.8 Å². The number of nitrogens with zero attached hydrogens (tertiary/aromatic N) is 1. The van der Waals surface area contributed by atoms with Crippen LogP contribution in [0, 0.1) is 13.8 Å². The van der Waals surface area contributed by atoms with Crippen LogP contribution in [0.5, 0.6) is 11.5 Å². The number of aryl methyl sites for hydroxylation is 1. The first-order valence-corrected chi connectivity index (χ1v) is 11.8. The molecule has 192 valence electrons. The lowest BCUT2D eigenvalue weighted by atomic mass is 10.1. The maximum Gasteiger partial charge on any atom is 0.329 e.